The third-order valence-electron chi connectivity index (χ3n) is 5.74. The van der Waals surface area contributed by atoms with Crippen LogP contribution in [0.4, 0.5) is 5.69 Å². The fourth-order valence-electron chi connectivity index (χ4n) is 4.31. The topological polar surface area (TPSA) is 46.2 Å². The second kappa shape index (κ2) is 8.26. The first-order chi connectivity index (χ1) is 13.2. The van der Waals surface area contributed by atoms with Gasteiger partial charge in [-0.25, -0.2) is 0 Å². The van der Waals surface area contributed by atoms with Gasteiger partial charge in [0.15, 0.2) is 5.11 Å². The number of ether oxygens (including phenoxy) is 1. The maximum Gasteiger partial charge on any atom is 0.171 e. The number of rotatable bonds is 5. The van der Waals surface area contributed by atoms with Gasteiger partial charge in [-0.15, -0.1) is 0 Å². The van der Waals surface area contributed by atoms with E-state index in [9.17, 15) is 0 Å². The molecule has 27 heavy (non-hydrogen) atoms. The second-order valence-corrected chi connectivity index (χ2v) is 8.07. The average Bonchev–Trinajstić information content (AvgIpc) is 3.37. The Morgan fingerprint density at radius 3 is 2.44 bits per heavy atom. The van der Waals surface area contributed by atoms with E-state index in [1.54, 1.807) is 0 Å². The zero-order chi connectivity index (χ0) is 18.5. The molecule has 142 valence electrons. The molecule has 1 heterocycles. The Morgan fingerprint density at radius 2 is 1.78 bits per heavy atom. The van der Waals surface area contributed by atoms with E-state index < -0.39 is 0 Å². The van der Waals surface area contributed by atoms with Gasteiger partial charge >= 0.3 is 0 Å². The summed E-state index contributed by atoms with van der Waals surface area (Å²) in [6, 6.07) is 12.2. The number of benzene rings is 1. The maximum absolute atomic E-state index is 6.03. The molecule has 2 aliphatic rings. The Balaban J connectivity index is 1.38. The fourth-order valence-corrected chi connectivity index (χ4v) is 4.62. The maximum atomic E-state index is 6.03. The van der Waals surface area contributed by atoms with Crippen LogP contribution in [0.25, 0.3) is 0 Å². The summed E-state index contributed by atoms with van der Waals surface area (Å²) in [7, 11) is 0. The molecule has 1 aromatic carbocycles. The predicted molar refractivity (Wildman–Crippen MR) is 113 cm³/mol. The van der Waals surface area contributed by atoms with E-state index in [0.717, 1.165) is 24.3 Å². The van der Waals surface area contributed by atoms with Crippen LogP contribution >= 0.6 is 12.2 Å². The lowest BCUT2D eigenvalue weighted by molar-refractivity contribution is 0.210. The first-order valence-electron chi connectivity index (χ1n) is 10.00. The Hall–Kier alpha value is -2.14. The molecule has 0 atom stereocenters. The minimum atomic E-state index is -0.107. The van der Waals surface area contributed by atoms with Crippen molar-refractivity contribution in [3.8, 4) is 5.75 Å². The smallest absolute Gasteiger partial charge is 0.171 e. The van der Waals surface area contributed by atoms with E-state index in [4.69, 9.17) is 17.0 Å². The van der Waals surface area contributed by atoms with E-state index in [1.807, 2.05) is 42.7 Å². The monoisotopic (exact) mass is 381 g/mol. The van der Waals surface area contributed by atoms with E-state index in [-0.39, 0.29) is 5.54 Å². The quantitative estimate of drug-likeness (QED) is 0.701. The molecule has 0 aliphatic heterocycles. The molecule has 4 rings (SSSR count). The second-order valence-electron chi connectivity index (χ2n) is 7.66. The van der Waals surface area contributed by atoms with Crippen LogP contribution in [0.2, 0.25) is 0 Å². The Bertz CT molecular complexity index is 751. The molecule has 2 N–H and O–H groups in total. The molecule has 4 nitrogen and oxygen atoms in total. The van der Waals surface area contributed by atoms with E-state index in [1.165, 1.54) is 44.1 Å². The zero-order valence-corrected chi connectivity index (χ0v) is 16.4. The van der Waals surface area contributed by atoms with Gasteiger partial charge in [0.2, 0.25) is 0 Å². The van der Waals surface area contributed by atoms with Crippen LogP contribution in [0.5, 0.6) is 5.75 Å². The van der Waals surface area contributed by atoms with Crippen LogP contribution in [0.15, 0.2) is 48.8 Å². The molecule has 0 saturated heterocycles. The van der Waals surface area contributed by atoms with Gasteiger partial charge in [-0.1, -0.05) is 18.9 Å². The Labute approximate surface area is 166 Å². The van der Waals surface area contributed by atoms with Crippen LogP contribution in [-0.4, -0.2) is 16.2 Å². The van der Waals surface area contributed by atoms with Crippen LogP contribution in [-0.2, 0) is 5.54 Å². The van der Waals surface area contributed by atoms with Gasteiger partial charge in [-0.2, -0.15) is 0 Å². The third-order valence-corrected chi connectivity index (χ3v) is 5.95. The molecule has 2 saturated carbocycles. The van der Waals surface area contributed by atoms with Gasteiger partial charge in [0.05, 0.1) is 11.6 Å². The molecule has 2 aromatic rings. The normalized spacial score (nSPS) is 19.0. The standard InChI is InChI=1S/C22H27N3OS/c27-21(25-22(13-3-4-14-22)17-6-5-15-23-16-17)24-18-9-11-20(12-10-18)26-19-7-1-2-8-19/h5-6,9-12,15-16,19H,1-4,7-8,13-14H2,(H2,24,25,27). The van der Waals surface area contributed by atoms with E-state index in [0.29, 0.717) is 11.2 Å². The molecule has 2 aliphatic carbocycles. The predicted octanol–water partition coefficient (Wildman–Crippen LogP) is 5.16. The lowest BCUT2D eigenvalue weighted by atomic mass is 9.89. The molecule has 2 fully saturated rings. The summed E-state index contributed by atoms with van der Waals surface area (Å²) >= 11 is 5.62. The number of hydrogen-bond donors (Lipinski definition) is 2. The number of pyridine rings is 1. The molecule has 5 heteroatoms. The third kappa shape index (κ3) is 4.41. The minimum absolute atomic E-state index is 0.107. The Kier molecular flexibility index (Phi) is 5.58. The van der Waals surface area contributed by atoms with Crippen LogP contribution in [0, 0.1) is 0 Å². The zero-order valence-electron chi connectivity index (χ0n) is 15.6. The van der Waals surface area contributed by atoms with Crippen molar-refractivity contribution in [1.82, 2.24) is 10.3 Å². The van der Waals surface area contributed by atoms with Crippen molar-refractivity contribution < 1.29 is 4.74 Å². The average molecular weight is 382 g/mol. The number of thiocarbonyl (C=S) groups is 1. The summed E-state index contributed by atoms with van der Waals surface area (Å²) in [6.07, 6.45) is 13.6. The molecule has 0 amide bonds. The van der Waals surface area contributed by atoms with Crippen molar-refractivity contribution in [1.29, 1.82) is 0 Å². The summed E-state index contributed by atoms with van der Waals surface area (Å²) < 4.78 is 6.03. The first kappa shape index (κ1) is 18.2. The number of hydrogen-bond acceptors (Lipinski definition) is 3. The SMILES string of the molecule is S=C(Nc1ccc(OC2CCCC2)cc1)NC1(c2cccnc2)CCCC1. The largest absolute Gasteiger partial charge is 0.490 e. The van der Waals surface area contributed by atoms with Crippen molar-refractivity contribution in [2.75, 3.05) is 5.32 Å². The lowest BCUT2D eigenvalue weighted by Crippen LogP contribution is -2.45. The van der Waals surface area contributed by atoms with Gasteiger partial charge < -0.3 is 15.4 Å². The molecule has 0 radical (unpaired) electrons. The Morgan fingerprint density at radius 1 is 1.04 bits per heavy atom. The van der Waals surface area contributed by atoms with Gasteiger partial charge in [-0.3, -0.25) is 4.98 Å². The molecular weight excluding hydrogens is 354 g/mol. The highest BCUT2D eigenvalue weighted by molar-refractivity contribution is 7.80. The molecule has 1 aromatic heterocycles. The molecule has 0 spiro atoms. The number of nitrogens with one attached hydrogen (secondary N) is 2. The van der Waals surface area contributed by atoms with E-state index in [2.05, 4.69) is 21.7 Å². The van der Waals surface area contributed by atoms with Crippen LogP contribution in [0.3, 0.4) is 0 Å². The number of anilines is 1. The summed E-state index contributed by atoms with van der Waals surface area (Å²) in [6.45, 7) is 0. The van der Waals surface area contributed by atoms with Crippen LogP contribution in [0.1, 0.15) is 56.9 Å². The summed E-state index contributed by atoms with van der Waals surface area (Å²) in [4.78, 5) is 4.30. The summed E-state index contributed by atoms with van der Waals surface area (Å²) in [5, 5.41) is 7.57. The number of aromatic nitrogens is 1. The van der Waals surface area contributed by atoms with Crippen molar-refractivity contribution in [2.45, 2.75) is 63.0 Å². The van der Waals surface area contributed by atoms with Crippen molar-refractivity contribution in [2.24, 2.45) is 0 Å². The highest BCUT2D eigenvalue weighted by Gasteiger charge is 2.36. The van der Waals surface area contributed by atoms with Gasteiger partial charge in [0, 0.05) is 18.1 Å². The van der Waals surface area contributed by atoms with Gasteiger partial charge in [0.1, 0.15) is 5.75 Å². The summed E-state index contributed by atoms with van der Waals surface area (Å²) in [5.74, 6) is 0.939. The van der Waals surface area contributed by atoms with Crippen LogP contribution < -0.4 is 15.4 Å². The summed E-state index contributed by atoms with van der Waals surface area (Å²) in [5.41, 5.74) is 2.08. The van der Waals surface area contributed by atoms with Gasteiger partial charge in [0.25, 0.3) is 0 Å². The molecular formula is C22H27N3OS. The van der Waals surface area contributed by atoms with Gasteiger partial charge in [-0.05, 0) is 86.6 Å². The van der Waals surface area contributed by atoms with Crippen molar-refractivity contribution in [3.63, 3.8) is 0 Å². The minimum Gasteiger partial charge on any atom is -0.490 e. The highest BCUT2D eigenvalue weighted by atomic mass is 32.1. The number of nitrogens with zero attached hydrogens (tertiary/aromatic N) is 1. The fraction of sp³-hybridized carbons (Fsp3) is 0.455. The lowest BCUT2D eigenvalue weighted by Gasteiger charge is -2.32. The van der Waals surface area contributed by atoms with E-state index >= 15 is 0 Å². The molecule has 0 bridgehead atoms. The highest BCUT2D eigenvalue weighted by Crippen LogP contribution is 2.38. The first-order valence-corrected chi connectivity index (χ1v) is 10.4. The van der Waals surface area contributed by atoms with Crippen molar-refractivity contribution in [3.05, 3.63) is 54.4 Å². The molecule has 0 unspecified atom stereocenters. The van der Waals surface area contributed by atoms with Crippen molar-refractivity contribution >= 4 is 23.0 Å².